The zero-order valence-electron chi connectivity index (χ0n) is 8.21. The minimum atomic E-state index is 0.357. The van der Waals surface area contributed by atoms with Crippen molar-refractivity contribution < 1.29 is 4.74 Å². The second kappa shape index (κ2) is 4.63. The molecule has 0 spiro atoms. The molecule has 2 nitrogen and oxygen atoms in total. The summed E-state index contributed by atoms with van der Waals surface area (Å²) in [4.78, 5) is 0. The quantitative estimate of drug-likeness (QED) is 0.649. The van der Waals surface area contributed by atoms with Crippen molar-refractivity contribution in [1.82, 2.24) is 5.32 Å². The van der Waals surface area contributed by atoms with Gasteiger partial charge >= 0.3 is 0 Å². The van der Waals surface area contributed by atoms with Crippen molar-refractivity contribution in [3.8, 4) is 0 Å². The first-order valence-electron chi connectivity index (χ1n) is 4.73. The molecule has 1 aliphatic heterocycles. The van der Waals surface area contributed by atoms with Gasteiger partial charge in [-0.25, -0.2) is 0 Å². The van der Waals surface area contributed by atoms with Gasteiger partial charge in [-0.1, -0.05) is 12.2 Å². The first-order chi connectivity index (χ1) is 5.72. The van der Waals surface area contributed by atoms with Gasteiger partial charge in [-0.05, 0) is 33.7 Å². The van der Waals surface area contributed by atoms with Gasteiger partial charge in [0.25, 0.3) is 0 Å². The Bertz CT molecular complexity index is 156. The van der Waals surface area contributed by atoms with Crippen LogP contribution in [0.1, 0.15) is 26.7 Å². The Labute approximate surface area is 75.0 Å². The largest absolute Gasteiger partial charge is 0.371 e. The van der Waals surface area contributed by atoms with E-state index in [-0.39, 0.29) is 0 Å². The zero-order chi connectivity index (χ0) is 8.97. The van der Waals surface area contributed by atoms with E-state index in [9.17, 15) is 0 Å². The fourth-order valence-corrected chi connectivity index (χ4v) is 1.36. The minimum absolute atomic E-state index is 0.357. The third-order valence-corrected chi connectivity index (χ3v) is 2.33. The average molecular weight is 169 g/mol. The molecule has 1 fully saturated rings. The van der Waals surface area contributed by atoms with Crippen LogP contribution in [0.2, 0.25) is 0 Å². The van der Waals surface area contributed by atoms with Gasteiger partial charge in [0.1, 0.15) is 0 Å². The van der Waals surface area contributed by atoms with E-state index >= 15 is 0 Å². The molecule has 12 heavy (non-hydrogen) atoms. The van der Waals surface area contributed by atoms with Crippen LogP contribution in [-0.4, -0.2) is 25.3 Å². The molecular weight excluding hydrogens is 150 g/mol. The van der Waals surface area contributed by atoms with E-state index in [1.54, 1.807) is 0 Å². The molecule has 1 aliphatic rings. The maximum absolute atomic E-state index is 5.64. The van der Waals surface area contributed by atoms with E-state index in [0.717, 1.165) is 0 Å². The summed E-state index contributed by atoms with van der Waals surface area (Å²) in [6.45, 7) is 4.27. The minimum Gasteiger partial charge on any atom is -0.371 e. The lowest BCUT2D eigenvalue weighted by Crippen LogP contribution is -2.18. The lowest BCUT2D eigenvalue weighted by Gasteiger charge is -2.07. The highest BCUT2D eigenvalue weighted by Crippen LogP contribution is 2.19. The Hall–Kier alpha value is -0.340. The predicted molar refractivity (Wildman–Crippen MR) is 51.2 cm³/mol. The van der Waals surface area contributed by atoms with Crippen molar-refractivity contribution in [2.24, 2.45) is 0 Å². The van der Waals surface area contributed by atoms with Crippen molar-refractivity contribution >= 4 is 0 Å². The van der Waals surface area contributed by atoms with Gasteiger partial charge < -0.3 is 10.1 Å². The van der Waals surface area contributed by atoms with E-state index in [2.05, 4.69) is 31.3 Å². The molecule has 0 aliphatic carbocycles. The molecule has 3 unspecified atom stereocenters. The smallest absolute Gasteiger partial charge is 0.0760 e. The molecule has 0 amide bonds. The molecule has 3 atom stereocenters. The fourth-order valence-electron chi connectivity index (χ4n) is 1.36. The molecule has 2 heteroatoms. The second-order valence-electron chi connectivity index (χ2n) is 3.52. The van der Waals surface area contributed by atoms with Crippen LogP contribution in [0.15, 0.2) is 12.2 Å². The Morgan fingerprint density at radius 3 is 2.75 bits per heavy atom. The van der Waals surface area contributed by atoms with Crippen molar-refractivity contribution in [1.29, 1.82) is 0 Å². The molecule has 1 heterocycles. The Balaban J connectivity index is 2.26. The third-order valence-electron chi connectivity index (χ3n) is 2.33. The second-order valence-corrected chi connectivity index (χ2v) is 3.52. The van der Waals surface area contributed by atoms with Crippen molar-refractivity contribution in [2.75, 3.05) is 7.05 Å². The summed E-state index contributed by atoms with van der Waals surface area (Å²) < 4.78 is 5.64. The molecule has 0 bridgehead atoms. The highest BCUT2D eigenvalue weighted by atomic mass is 16.5. The third kappa shape index (κ3) is 2.95. The summed E-state index contributed by atoms with van der Waals surface area (Å²) >= 11 is 0. The van der Waals surface area contributed by atoms with E-state index in [0.29, 0.717) is 18.2 Å². The van der Waals surface area contributed by atoms with Gasteiger partial charge in [0.2, 0.25) is 0 Å². The number of rotatable bonds is 3. The van der Waals surface area contributed by atoms with Crippen LogP contribution < -0.4 is 5.32 Å². The van der Waals surface area contributed by atoms with E-state index in [4.69, 9.17) is 4.74 Å². The summed E-state index contributed by atoms with van der Waals surface area (Å²) in [5.41, 5.74) is 0. The first-order valence-corrected chi connectivity index (χ1v) is 4.73. The van der Waals surface area contributed by atoms with Crippen molar-refractivity contribution in [3.63, 3.8) is 0 Å². The zero-order valence-corrected chi connectivity index (χ0v) is 8.21. The van der Waals surface area contributed by atoms with Crippen LogP contribution in [0.4, 0.5) is 0 Å². The van der Waals surface area contributed by atoms with Crippen molar-refractivity contribution in [3.05, 3.63) is 12.2 Å². The van der Waals surface area contributed by atoms with Crippen LogP contribution >= 0.6 is 0 Å². The van der Waals surface area contributed by atoms with E-state index < -0.39 is 0 Å². The Kier molecular flexibility index (Phi) is 3.76. The Morgan fingerprint density at radius 1 is 1.50 bits per heavy atom. The molecule has 1 saturated heterocycles. The number of hydrogen-bond acceptors (Lipinski definition) is 2. The monoisotopic (exact) mass is 169 g/mol. The summed E-state index contributed by atoms with van der Waals surface area (Å²) in [5, 5.41) is 3.16. The molecule has 0 aromatic carbocycles. The molecule has 1 rings (SSSR count). The molecule has 0 radical (unpaired) electrons. The summed E-state index contributed by atoms with van der Waals surface area (Å²) in [6, 6.07) is 0.449. The van der Waals surface area contributed by atoms with Crippen LogP contribution in [-0.2, 0) is 4.74 Å². The fraction of sp³-hybridized carbons (Fsp3) is 0.800. The Morgan fingerprint density at radius 2 is 2.25 bits per heavy atom. The maximum Gasteiger partial charge on any atom is 0.0760 e. The standard InChI is InChI=1S/C10H19NO/c1-8(11-3)4-6-10-7-5-9(2)12-10/h4,6,8-11H,5,7H2,1-3H3/b6-4+. The van der Waals surface area contributed by atoms with Gasteiger partial charge in [-0.15, -0.1) is 0 Å². The molecule has 1 N–H and O–H groups in total. The van der Waals surface area contributed by atoms with Crippen LogP contribution in [0.5, 0.6) is 0 Å². The molecular formula is C10H19NO. The molecule has 0 saturated carbocycles. The van der Waals surface area contributed by atoms with Crippen LogP contribution in [0, 0.1) is 0 Å². The highest BCUT2D eigenvalue weighted by Gasteiger charge is 2.18. The number of ether oxygens (including phenoxy) is 1. The highest BCUT2D eigenvalue weighted by molar-refractivity contribution is 4.97. The number of likely N-dealkylation sites (N-methyl/N-ethyl adjacent to an activating group) is 1. The molecule has 70 valence electrons. The first kappa shape index (κ1) is 9.75. The summed E-state index contributed by atoms with van der Waals surface area (Å²) in [5.74, 6) is 0. The summed E-state index contributed by atoms with van der Waals surface area (Å²) in [6.07, 6.45) is 7.52. The van der Waals surface area contributed by atoms with E-state index in [1.165, 1.54) is 12.8 Å². The van der Waals surface area contributed by atoms with Gasteiger partial charge in [0, 0.05) is 6.04 Å². The predicted octanol–water partition coefficient (Wildman–Crippen LogP) is 1.72. The van der Waals surface area contributed by atoms with Gasteiger partial charge in [0.15, 0.2) is 0 Å². The lowest BCUT2D eigenvalue weighted by molar-refractivity contribution is 0.0831. The van der Waals surface area contributed by atoms with Gasteiger partial charge in [0.05, 0.1) is 12.2 Å². The van der Waals surface area contributed by atoms with Crippen LogP contribution in [0.25, 0.3) is 0 Å². The van der Waals surface area contributed by atoms with Crippen molar-refractivity contribution in [2.45, 2.75) is 44.9 Å². The maximum atomic E-state index is 5.64. The number of nitrogens with one attached hydrogen (secondary N) is 1. The average Bonchev–Trinajstić information content (AvgIpc) is 2.47. The normalized spacial score (nSPS) is 32.9. The SMILES string of the molecule is CNC(C)/C=C/C1CCC(C)O1. The van der Waals surface area contributed by atoms with Gasteiger partial charge in [-0.2, -0.15) is 0 Å². The van der Waals surface area contributed by atoms with E-state index in [1.807, 2.05) is 7.05 Å². The van der Waals surface area contributed by atoms with Crippen LogP contribution in [0.3, 0.4) is 0 Å². The lowest BCUT2D eigenvalue weighted by atomic mass is 10.2. The molecule has 0 aromatic rings. The molecule has 0 aromatic heterocycles. The summed E-state index contributed by atoms with van der Waals surface area (Å²) in [7, 11) is 1.97. The van der Waals surface area contributed by atoms with Gasteiger partial charge in [-0.3, -0.25) is 0 Å². The topological polar surface area (TPSA) is 21.3 Å². The number of hydrogen-bond donors (Lipinski definition) is 1.